The number of halogens is 2. The van der Waals surface area contributed by atoms with Crippen molar-refractivity contribution in [3.63, 3.8) is 0 Å². The number of nitrogens with zero attached hydrogens (tertiary/aromatic N) is 7. The maximum Gasteiger partial charge on any atom is 0.169 e. The van der Waals surface area contributed by atoms with E-state index in [-0.39, 0.29) is 16.5 Å². The monoisotopic (exact) mass is 491 g/mol. The summed E-state index contributed by atoms with van der Waals surface area (Å²) in [6.07, 6.45) is 4.54. The molecule has 4 aromatic heterocycles. The summed E-state index contributed by atoms with van der Waals surface area (Å²) in [5, 5.41) is 10.2. The molecule has 10 nitrogen and oxygen atoms in total. The third-order valence-electron chi connectivity index (χ3n) is 5.69. The first-order valence-corrected chi connectivity index (χ1v) is 11.3. The van der Waals surface area contributed by atoms with Gasteiger partial charge in [-0.2, -0.15) is 5.10 Å². The molecule has 5 heterocycles. The van der Waals surface area contributed by atoms with Crippen LogP contribution in [0.25, 0.3) is 16.7 Å². The summed E-state index contributed by atoms with van der Waals surface area (Å²) >= 11 is 6.32. The zero-order valence-corrected chi connectivity index (χ0v) is 19.1. The Morgan fingerprint density at radius 1 is 1.03 bits per heavy atom. The number of piperazine rings is 1. The zero-order chi connectivity index (χ0) is 23.8. The van der Waals surface area contributed by atoms with E-state index in [4.69, 9.17) is 21.3 Å². The molecule has 1 fully saturated rings. The van der Waals surface area contributed by atoms with Crippen LogP contribution >= 0.6 is 11.6 Å². The Hall–Kier alpha value is -4.09. The van der Waals surface area contributed by atoms with E-state index in [1.54, 1.807) is 35.0 Å². The highest BCUT2D eigenvalue weighted by Crippen LogP contribution is 2.36. The van der Waals surface area contributed by atoms with Gasteiger partial charge in [-0.05, 0) is 30.3 Å². The maximum atomic E-state index is 15.2. The molecule has 35 heavy (non-hydrogen) atoms. The number of nitrogens with one attached hydrogen (secondary N) is 2. The van der Waals surface area contributed by atoms with Crippen LogP contribution in [0.2, 0.25) is 5.02 Å². The first-order chi connectivity index (χ1) is 17.2. The number of hydrogen-bond acceptors (Lipinski definition) is 9. The Bertz CT molecular complexity index is 1540. The van der Waals surface area contributed by atoms with Crippen molar-refractivity contribution in [1.29, 1.82) is 0 Å². The standard InChI is InChI=1S/C23H19ClFN9O/c24-20-17(35-14-5-8-34-19(11-14)28-13-30-34)3-1-15(21(20)25)31-23-22-16(27-12-29-23)2-4-18(32-22)33-9-6-26-7-10-33/h1-5,8,11-13,26H,6-7,9-10H2,(H,27,29,31). The summed E-state index contributed by atoms with van der Waals surface area (Å²) in [6, 6.07) is 10.3. The molecule has 5 aromatic rings. The minimum absolute atomic E-state index is 0.143. The molecule has 6 rings (SSSR count). The molecule has 2 N–H and O–H groups in total. The lowest BCUT2D eigenvalue weighted by molar-refractivity contribution is 0.477. The summed E-state index contributed by atoms with van der Waals surface area (Å²) in [5.41, 5.74) is 1.93. The van der Waals surface area contributed by atoms with Gasteiger partial charge in [0.05, 0.1) is 11.2 Å². The van der Waals surface area contributed by atoms with E-state index in [0.717, 1.165) is 32.0 Å². The first kappa shape index (κ1) is 21.4. The van der Waals surface area contributed by atoms with Crippen LogP contribution < -0.4 is 20.3 Å². The average molecular weight is 492 g/mol. The number of benzene rings is 1. The number of aromatic nitrogens is 6. The molecule has 0 atom stereocenters. The molecule has 0 bridgehead atoms. The molecule has 0 amide bonds. The second kappa shape index (κ2) is 8.93. The van der Waals surface area contributed by atoms with Crippen molar-refractivity contribution >= 4 is 45.6 Å². The number of pyridine rings is 2. The van der Waals surface area contributed by atoms with E-state index in [9.17, 15) is 0 Å². The highest BCUT2D eigenvalue weighted by Gasteiger charge is 2.18. The second-order valence-electron chi connectivity index (χ2n) is 7.89. The molecule has 1 aliphatic heterocycles. The minimum Gasteiger partial charge on any atom is -0.455 e. The van der Waals surface area contributed by atoms with Crippen molar-refractivity contribution in [1.82, 2.24) is 34.9 Å². The lowest BCUT2D eigenvalue weighted by atomic mass is 10.2. The second-order valence-corrected chi connectivity index (χ2v) is 8.27. The van der Waals surface area contributed by atoms with E-state index in [1.807, 2.05) is 12.1 Å². The maximum absolute atomic E-state index is 15.2. The molecule has 1 saturated heterocycles. The van der Waals surface area contributed by atoms with Gasteiger partial charge in [0.2, 0.25) is 0 Å². The zero-order valence-electron chi connectivity index (χ0n) is 18.3. The van der Waals surface area contributed by atoms with Crippen molar-refractivity contribution in [2.75, 3.05) is 36.4 Å². The fourth-order valence-electron chi connectivity index (χ4n) is 3.91. The molecular formula is C23H19ClFN9O. The van der Waals surface area contributed by atoms with Crippen molar-refractivity contribution in [2.45, 2.75) is 0 Å². The quantitative estimate of drug-likeness (QED) is 0.379. The van der Waals surface area contributed by atoms with Crippen LogP contribution in [0, 0.1) is 5.82 Å². The fraction of sp³-hybridized carbons (Fsp3) is 0.174. The van der Waals surface area contributed by atoms with Crippen LogP contribution in [-0.4, -0.2) is 55.7 Å². The lowest BCUT2D eigenvalue weighted by Gasteiger charge is -2.28. The topological polar surface area (TPSA) is 105 Å². The van der Waals surface area contributed by atoms with Gasteiger partial charge in [0.15, 0.2) is 17.3 Å². The Morgan fingerprint density at radius 2 is 1.91 bits per heavy atom. The molecule has 176 valence electrons. The van der Waals surface area contributed by atoms with Crippen molar-refractivity contribution in [3.05, 3.63) is 66.1 Å². The van der Waals surface area contributed by atoms with E-state index < -0.39 is 5.82 Å². The normalized spacial score (nSPS) is 13.9. The Labute approximate surface area is 203 Å². The van der Waals surface area contributed by atoms with Gasteiger partial charge in [-0.3, -0.25) is 0 Å². The first-order valence-electron chi connectivity index (χ1n) is 11.0. The fourth-order valence-corrected chi connectivity index (χ4v) is 4.12. The third-order valence-corrected chi connectivity index (χ3v) is 6.04. The number of anilines is 3. The predicted molar refractivity (Wildman–Crippen MR) is 130 cm³/mol. The summed E-state index contributed by atoms with van der Waals surface area (Å²) in [5.74, 6) is 1.17. The van der Waals surface area contributed by atoms with E-state index >= 15 is 4.39 Å². The average Bonchev–Trinajstić information content (AvgIpc) is 3.37. The van der Waals surface area contributed by atoms with Crippen LogP contribution in [0.4, 0.5) is 21.7 Å². The number of rotatable bonds is 5. The number of fused-ring (bicyclic) bond motifs is 2. The molecule has 0 radical (unpaired) electrons. The van der Waals surface area contributed by atoms with E-state index in [1.165, 1.54) is 12.7 Å². The van der Waals surface area contributed by atoms with Gasteiger partial charge in [0, 0.05) is 38.4 Å². The SMILES string of the molecule is Fc1c(Nc2ncnc3ccc(N4CCNCC4)nc23)ccc(Oc2ccn3ncnc3c2)c1Cl. The van der Waals surface area contributed by atoms with Crippen LogP contribution in [0.1, 0.15) is 0 Å². The van der Waals surface area contributed by atoms with Crippen molar-refractivity contribution in [3.8, 4) is 11.5 Å². The van der Waals surface area contributed by atoms with Crippen LogP contribution in [0.3, 0.4) is 0 Å². The molecule has 0 unspecified atom stereocenters. The number of hydrogen-bond donors (Lipinski definition) is 2. The molecule has 0 spiro atoms. The van der Waals surface area contributed by atoms with Gasteiger partial charge < -0.3 is 20.3 Å². The molecular weight excluding hydrogens is 473 g/mol. The highest BCUT2D eigenvalue weighted by molar-refractivity contribution is 6.32. The van der Waals surface area contributed by atoms with Gasteiger partial charge in [0.25, 0.3) is 0 Å². The third kappa shape index (κ3) is 4.15. The van der Waals surface area contributed by atoms with Gasteiger partial charge in [-0.25, -0.2) is 28.8 Å². The van der Waals surface area contributed by atoms with Gasteiger partial charge in [0.1, 0.15) is 40.5 Å². The summed E-state index contributed by atoms with van der Waals surface area (Å²) in [4.78, 5) is 19.7. The minimum atomic E-state index is -0.669. The van der Waals surface area contributed by atoms with Crippen molar-refractivity contribution < 1.29 is 9.13 Å². The predicted octanol–water partition coefficient (Wildman–Crippen LogP) is 3.81. The van der Waals surface area contributed by atoms with E-state index in [0.29, 0.717) is 28.2 Å². The van der Waals surface area contributed by atoms with Gasteiger partial charge >= 0.3 is 0 Å². The Balaban J connectivity index is 1.29. The molecule has 0 aliphatic carbocycles. The molecule has 0 saturated carbocycles. The molecule has 1 aliphatic rings. The van der Waals surface area contributed by atoms with E-state index in [2.05, 4.69) is 35.6 Å². The Morgan fingerprint density at radius 3 is 2.80 bits per heavy atom. The van der Waals surface area contributed by atoms with Crippen molar-refractivity contribution in [2.24, 2.45) is 0 Å². The summed E-state index contributed by atoms with van der Waals surface area (Å²) < 4.78 is 22.6. The van der Waals surface area contributed by atoms with Gasteiger partial charge in [-0.1, -0.05) is 11.6 Å². The summed E-state index contributed by atoms with van der Waals surface area (Å²) in [6.45, 7) is 3.48. The number of ether oxygens (including phenoxy) is 1. The molecule has 1 aromatic carbocycles. The summed E-state index contributed by atoms with van der Waals surface area (Å²) in [7, 11) is 0. The largest absolute Gasteiger partial charge is 0.455 e. The smallest absolute Gasteiger partial charge is 0.169 e. The molecule has 12 heteroatoms. The Kier molecular flexibility index (Phi) is 5.47. The van der Waals surface area contributed by atoms with Gasteiger partial charge in [-0.15, -0.1) is 0 Å². The lowest BCUT2D eigenvalue weighted by Crippen LogP contribution is -2.43. The highest BCUT2D eigenvalue weighted by atomic mass is 35.5. The van der Waals surface area contributed by atoms with Crippen LogP contribution in [0.15, 0.2) is 55.2 Å². The van der Waals surface area contributed by atoms with Crippen LogP contribution in [0.5, 0.6) is 11.5 Å². The van der Waals surface area contributed by atoms with Crippen LogP contribution in [-0.2, 0) is 0 Å².